The molecule has 162 valence electrons. The number of hydrogen-bond donors (Lipinski definition) is 3. The van der Waals surface area contributed by atoms with Gasteiger partial charge in [0, 0.05) is 31.9 Å². The minimum Gasteiger partial charge on any atom is -0.508 e. The van der Waals surface area contributed by atoms with E-state index in [0.717, 1.165) is 5.56 Å². The first-order valence-corrected chi connectivity index (χ1v) is 10.1. The number of rotatable bonds is 6. The highest BCUT2D eigenvalue weighted by molar-refractivity contribution is 5.97. The van der Waals surface area contributed by atoms with E-state index >= 15 is 0 Å². The van der Waals surface area contributed by atoms with Gasteiger partial charge in [0.15, 0.2) is 0 Å². The number of carbonyl (C=O) groups is 2. The predicted octanol–water partition coefficient (Wildman–Crippen LogP) is 2.45. The third kappa shape index (κ3) is 7.66. The summed E-state index contributed by atoms with van der Waals surface area (Å²) < 4.78 is 5.38. The number of hydrogen-bond acceptors (Lipinski definition) is 6. The highest BCUT2D eigenvalue weighted by Crippen LogP contribution is 2.15. The van der Waals surface area contributed by atoms with Crippen molar-refractivity contribution in [2.24, 2.45) is 0 Å². The Balaban J connectivity index is 1.75. The average Bonchev–Trinajstić information content (AvgIpc) is 2.69. The van der Waals surface area contributed by atoms with Gasteiger partial charge in [0.05, 0.1) is 0 Å². The van der Waals surface area contributed by atoms with E-state index in [1.54, 1.807) is 29.2 Å². The first-order valence-electron chi connectivity index (χ1n) is 10.1. The fourth-order valence-electron chi connectivity index (χ4n) is 2.98. The van der Waals surface area contributed by atoms with Crippen LogP contribution in [0.1, 0.15) is 39.2 Å². The summed E-state index contributed by atoms with van der Waals surface area (Å²) in [5, 5.41) is 24.4. The van der Waals surface area contributed by atoms with Crippen molar-refractivity contribution in [3.8, 4) is 11.8 Å². The smallest absolute Gasteiger partial charge is 0.410 e. The van der Waals surface area contributed by atoms with E-state index in [4.69, 9.17) is 4.74 Å². The van der Waals surface area contributed by atoms with Crippen LogP contribution in [0.5, 0.6) is 5.75 Å². The molecule has 3 N–H and O–H groups in total. The number of amides is 2. The summed E-state index contributed by atoms with van der Waals surface area (Å²) in [4.78, 5) is 26.0. The van der Waals surface area contributed by atoms with Gasteiger partial charge < -0.3 is 25.4 Å². The van der Waals surface area contributed by atoms with Crippen LogP contribution >= 0.6 is 0 Å². The molecular formula is C22H30N4O4. The number of carbonyl (C=O) groups excluding carboxylic acids is 2. The summed E-state index contributed by atoms with van der Waals surface area (Å²) in [6.45, 7) is 7.01. The molecular weight excluding hydrogens is 384 g/mol. The van der Waals surface area contributed by atoms with Gasteiger partial charge in [-0.05, 0) is 57.7 Å². The molecule has 30 heavy (non-hydrogen) atoms. The van der Waals surface area contributed by atoms with Crippen LogP contribution in [0.3, 0.4) is 0 Å². The number of nitrogens with one attached hydrogen (secondary N) is 2. The lowest BCUT2D eigenvalue weighted by molar-refractivity contribution is -0.117. The number of nitriles is 1. The fraction of sp³-hybridized carbons (Fsp3) is 0.500. The Morgan fingerprint density at radius 3 is 2.47 bits per heavy atom. The number of nitrogens with zero attached hydrogens (tertiary/aromatic N) is 2. The first kappa shape index (κ1) is 23.1. The molecule has 1 saturated heterocycles. The number of phenols is 1. The summed E-state index contributed by atoms with van der Waals surface area (Å²) in [5.41, 5.74) is 0.465. The molecule has 2 amide bonds. The van der Waals surface area contributed by atoms with Crippen LogP contribution in [-0.2, 0) is 16.0 Å². The van der Waals surface area contributed by atoms with Crippen molar-refractivity contribution >= 4 is 12.0 Å². The van der Waals surface area contributed by atoms with Gasteiger partial charge in [0.1, 0.15) is 23.0 Å². The zero-order chi connectivity index (χ0) is 22.1. The second kappa shape index (κ2) is 10.5. The molecule has 0 aromatic heterocycles. The van der Waals surface area contributed by atoms with Crippen molar-refractivity contribution in [1.82, 2.24) is 15.5 Å². The first-order chi connectivity index (χ1) is 14.2. The van der Waals surface area contributed by atoms with Gasteiger partial charge in [0.25, 0.3) is 5.91 Å². The molecule has 1 heterocycles. The van der Waals surface area contributed by atoms with Crippen molar-refractivity contribution in [1.29, 1.82) is 5.26 Å². The molecule has 8 heteroatoms. The molecule has 0 radical (unpaired) electrons. The lowest BCUT2D eigenvalue weighted by atomic mass is 10.1. The molecule has 0 unspecified atom stereocenters. The second-order valence-electron chi connectivity index (χ2n) is 8.25. The van der Waals surface area contributed by atoms with Crippen molar-refractivity contribution in [2.75, 3.05) is 19.6 Å². The largest absolute Gasteiger partial charge is 0.508 e. The topological polar surface area (TPSA) is 115 Å². The maximum atomic E-state index is 12.2. The highest BCUT2D eigenvalue weighted by atomic mass is 16.6. The fourth-order valence-corrected chi connectivity index (χ4v) is 2.98. The van der Waals surface area contributed by atoms with E-state index in [0.29, 0.717) is 38.9 Å². The summed E-state index contributed by atoms with van der Waals surface area (Å²) in [7, 11) is 0. The van der Waals surface area contributed by atoms with Crippen molar-refractivity contribution < 1.29 is 19.4 Å². The summed E-state index contributed by atoms with van der Waals surface area (Å²) in [5.74, 6) is -0.240. The van der Waals surface area contributed by atoms with Crippen molar-refractivity contribution in [3.63, 3.8) is 0 Å². The molecule has 0 aliphatic carbocycles. The summed E-state index contributed by atoms with van der Waals surface area (Å²) in [6.07, 6.45) is 3.14. The van der Waals surface area contributed by atoms with Crippen LogP contribution < -0.4 is 10.6 Å². The van der Waals surface area contributed by atoms with Gasteiger partial charge in [0.2, 0.25) is 0 Å². The minimum atomic E-state index is -0.522. The molecule has 1 aliphatic heterocycles. The Morgan fingerprint density at radius 2 is 1.90 bits per heavy atom. The molecule has 0 spiro atoms. The van der Waals surface area contributed by atoms with Gasteiger partial charge in [-0.1, -0.05) is 12.1 Å². The van der Waals surface area contributed by atoms with Crippen molar-refractivity contribution in [2.45, 2.75) is 51.7 Å². The Morgan fingerprint density at radius 1 is 1.27 bits per heavy atom. The summed E-state index contributed by atoms with van der Waals surface area (Å²) in [6, 6.07) is 8.76. The lowest BCUT2D eigenvalue weighted by Gasteiger charge is -2.33. The Hall–Kier alpha value is -3.21. The third-order valence-corrected chi connectivity index (χ3v) is 4.61. The highest BCUT2D eigenvalue weighted by Gasteiger charge is 2.26. The van der Waals surface area contributed by atoms with Gasteiger partial charge >= 0.3 is 6.09 Å². The zero-order valence-corrected chi connectivity index (χ0v) is 17.8. The van der Waals surface area contributed by atoms with Crippen molar-refractivity contribution in [3.05, 3.63) is 41.6 Å². The van der Waals surface area contributed by atoms with Crippen LogP contribution in [0.25, 0.3) is 0 Å². The standard InChI is InChI=1S/C22H30N4O4/c1-22(2,3)30-21(29)26-12-9-18(10-13-26)25-15-17(14-23)20(28)24-11-8-16-4-6-19(27)7-5-16/h4-7,15,18,25,27H,8-13H2,1-3H3,(H,24,28)/b17-15-. The quantitative estimate of drug-likeness (QED) is 0.487. The minimum absolute atomic E-state index is 0.00952. The maximum absolute atomic E-state index is 12.2. The molecule has 1 aliphatic rings. The molecule has 0 atom stereocenters. The molecule has 2 rings (SSSR count). The van der Waals surface area contributed by atoms with E-state index in [9.17, 15) is 20.0 Å². The van der Waals surface area contributed by atoms with Gasteiger partial charge in [-0.3, -0.25) is 4.79 Å². The van der Waals surface area contributed by atoms with E-state index in [1.165, 1.54) is 6.20 Å². The number of aromatic hydroxyl groups is 1. The monoisotopic (exact) mass is 414 g/mol. The number of ether oxygens (including phenoxy) is 1. The second-order valence-corrected chi connectivity index (χ2v) is 8.25. The Kier molecular flexibility index (Phi) is 8.10. The van der Waals surface area contributed by atoms with E-state index in [1.807, 2.05) is 26.8 Å². The number of piperidine rings is 1. The normalized spacial score (nSPS) is 15.3. The molecule has 0 bridgehead atoms. The molecule has 1 aromatic rings. The van der Waals surface area contributed by atoms with E-state index < -0.39 is 11.5 Å². The molecule has 8 nitrogen and oxygen atoms in total. The number of phenolic OH excluding ortho intramolecular Hbond substituents is 1. The van der Waals surface area contributed by atoms with Crippen LogP contribution in [0.2, 0.25) is 0 Å². The van der Waals surface area contributed by atoms with Gasteiger partial charge in [-0.2, -0.15) is 5.26 Å². The van der Waals surface area contributed by atoms with Crippen LogP contribution in [0.4, 0.5) is 4.79 Å². The number of benzene rings is 1. The van der Waals surface area contributed by atoms with Crippen LogP contribution in [0.15, 0.2) is 36.0 Å². The Bertz CT molecular complexity index is 798. The Labute approximate surface area is 177 Å². The maximum Gasteiger partial charge on any atom is 0.410 e. The summed E-state index contributed by atoms with van der Waals surface area (Å²) >= 11 is 0. The number of likely N-dealkylation sites (tertiary alicyclic amines) is 1. The SMILES string of the molecule is CC(C)(C)OC(=O)N1CCC(N/C=C(/C#N)C(=O)NCCc2ccc(O)cc2)CC1. The van der Waals surface area contributed by atoms with E-state index in [-0.39, 0.29) is 23.5 Å². The van der Waals surface area contributed by atoms with E-state index in [2.05, 4.69) is 10.6 Å². The van der Waals surface area contributed by atoms with Gasteiger partial charge in [-0.25, -0.2) is 4.79 Å². The lowest BCUT2D eigenvalue weighted by Crippen LogP contribution is -2.45. The zero-order valence-electron chi connectivity index (χ0n) is 17.8. The molecule has 1 aromatic carbocycles. The average molecular weight is 415 g/mol. The van der Waals surface area contributed by atoms with Crippen LogP contribution in [-0.4, -0.2) is 53.3 Å². The molecule has 1 fully saturated rings. The van der Waals surface area contributed by atoms with Gasteiger partial charge in [-0.15, -0.1) is 0 Å². The van der Waals surface area contributed by atoms with Crippen LogP contribution in [0, 0.1) is 11.3 Å². The predicted molar refractivity (Wildman–Crippen MR) is 112 cm³/mol. The molecule has 0 saturated carbocycles. The third-order valence-electron chi connectivity index (χ3n) is 4.61.